The van der Waals surface area contributed by atoms with E-state index in [0.717, 1.165) is 17.2 Å². The molecule has 0 aliphatic heterocycles. The lowest BCUT2D eigenvalue weighted by atomic mass is 10.1. The Morgan fingerprint density at radius 2 is 1.64 bits per heavy atom. The van der Waals surface area contributed by atoms with Crippen LogP contribution in [-0.2, 0) is 5.92 Å². The van der Waals surface area contributed by atoms with E-state index in [0.29, 0.717) is 34.7 Å². The molecule has 4 N–H and O–H groups in total. The summed E-state index contributed by atoms with van der Waals surface area (Å²) < 4.78 is 67.1. The van der Waals surface area contributed by atoms with Gasteiger partial charge in [0.1, 0.15) is 17.8 Å². The lowest BCUT2D eigenvalue weighted by Gasteiger charge is -2.20. The summed E-state index contributed by atoms with van der Waals surface area (Å²) in [7, 11) is 0. The van der Waals surface area contributed by atoms with Gasteiger partial charge in [-0.3, -0.25) is 0 Å². The Morgan fingerprint density at radius 3 is 2.28 bits per heavy atom. The molecule has 2 heterocycles. The van der Waals surface area contributed by atoms with Crippen molar-refractivity contribution in [3.63, 3.8) is 0 Å². The van der Waals surface area contributed by atoms with Crippen LogP contribution in [0.1, 0.15) is 25.5 Å². The van der Waals surface area contributed by atoms with E-state index in [9.17, 15) is 26.7 Å². The highest BCUT2D eigenvalue weighted by molar-refractivity contribution is 6.02. The summed E-state index contributed by atoms with van der Waals surface area (Å²) >= 11 is 0. The number of rotatable bonds is 5. The molecule has 0 atom stereocenters. The average Bonchev–Trinajstić information content (AvgIpc) is 3.20. The number of amides is 2. The number of nitrogen functional groups attached to an aromatic ring is 1. The molecule has 2 amide bonds. The standard InChI is InChI=1S/C24H21F5N6O/c1-13(2)35-11-18(19-20(30)31-12-32-21(19)35)14-6-8-16(9-7-14)33-22(36)34-17-5-3-4-15(10-17)23(25,26)24(27,28)29/h3-13H,1-2H3,(H2,30,31,32)(H2,33,34,36). The van der Waals surface area contributed by atoms with Gasteiger partial charge in [0, 0.05) is 34.7 Å². The Kier molecular flexibility index (Phi) is 6.29. The predicted molar refractivity (Wildman–Crippen MR) is 127 cm³/mol. The van der Waals surface area contributed by atoms with Gasteiger partial charge in [0.2, 0.25) is 0 Å². The quantitative estimate of drug-likeness (QED) is 0.268. The lowest BCUT2D eigenvalue weighted by molar-refractivity contribution is -0.289. The first-order chi connectivity index (χ1) is 16.9. The van der Waals surface area contributed by atoms with Crippen molar-refractivity contribution in [1.82, 2.24) is 14.5 Å². The molecule has 12 heteroatoms. The summed E-state index contributed by atoms with van der Waals surface area (Å²) in [6, 6.07) is 9.44. The van der Waals surface area contributed by atoms with Gasteiger partial charge in [-0.05, 0) is 43.7 Å². The number of alkyl halides is 5. The van der Waals surface area contributed by atoms with Crippen LogP contribution < -0.4 is 16.4 Å². The normalized spacial score (nSPS) is 12.2. The molecule has 4 aromatic rings. The highest BCUT2D eigenvalue weighted by atomic mass is 19.4. The molecule has 4 rings (SSSR count). The lowest BCUT2D eigenvalue weighted by Crippen LogP contribution is -2.33. The maximum absolute atomic E-state index is 13.6. The van der Waals surface area contributed by atoms with Gasteiger partial charge in [-0.15, -0.1) is 0 Å². The number of hydrogen-bond acceptors (Lipinski definition) is 4. The largest absolute Gasteiger partial charge is 0.458 e. The zero-order chi connectivity index (χ0) is 26.3. The van der Waals surface area contributed by atoms with Crippen LogP contribution in [0.15, 0.2) is 61.1 Å². The molecule has 7 nitrogen and oxygen atoms in total. The molecule has 0 aliphatic carbocycles. The molecule has 0 saturated carbocycles. The molecule has 0 fully saturated rings. The van der Waals surface area contributed by atoms with Gasteiger partial charge in [-0.1, -0.05) is 24.3 Å². The fourth-order valence-corrected chi connectivity index (χ4v) is 3.70. The van der Waals surface area contributed by atoms with Crippen LogP contribution in [0.25, 0.3) is 22.2 Å². The number of nitrogens with two attached hydrogens (primary N) is 1. The van der Waals surface area contributed by atoms with Crippen molar-refractivity contribution in [1.29, 1.82) is 0 Å². The molecule has 0 saturated heterocycles. The van der Waals surface area contributed by atoms with Crippen LogP contribution in [0.4, 0.5) is 43.9 Å². The molecule has 36 heavy (non-hydrogen) atoms. The van der Waals surface area contributed by atoms with E-state index in [-0.39, 0.29) is 11.7 Å². The van der Waals surface area contributed by atoms with E-state index in [1.165, 1.54) is 12.4 Å². The van der Waals surface area contributed by atoms with Crippen molar-refractivity contribution < 1.29 is 26.7 Å². The van der Waals surface area contributed by atoms with Gasteiger partial charge in [-0.2, -0.15) is 22.0 Å². The zero-order valence-corrected chi connectivity index (χ0v) is 19.1. The molecule has 188 valence electrons. The number of anilines is 3. The molecule has 2 aromatic heterocycles. The van der Waals surface area contributed by atoms with E-state index in [2.05, 4.69) is 20.6 Å². The number of fused-ring (bicyclic) bond motifs is 1. The fourth-order valence-electron chi connectivity index (χ4n) is 3.70. The Bertz CT molecular complexity index is 1410. The van der Waals surface area contributed by atoms with Gasteiger partial charge in [0.25, 0.3) is 0 Å². The summed E-state index contributed by atoms with van der Waals surface area (Å²) in [5.41, 5.74) is 7.24. The molecular weight excluding hydrogens is 483 g/mol. The van der Waals surface area contributed by atoms with Gasteiger partial charge in [0.15, 0.2) is 0 Å². The van der Waals surface area contributed by atoms with Gasteiger partial charge in [0.05, 0.1) is 5.39 Å². The number of aromatic nitrogens is 3. The van der Waals surface area contributed by atoms with E-state index in [1.807, 2.05) is 24.6 Å². The van der Waals surface area contributed by atoms with Crippen molar-refractivity contribution in [2.45, 2.75) is 32.0 Å². The average molecular weight is 504 g/mol. The predicted octanol–water partition coefficient (Wildman–Crippen LogP) is 6.56. The monoisotopic (exact) mass is 504 g/mol. The molecule has 0 aliphatic rings. The second kappa shape index (κ2) is 9.10. The smallest absolute Gasteiger partial charge is 0.383 e. The number of halogens is 5. The molecule has 0 unspecified atom stereocenters. The summed E-state index contributed by atoms with van der Waals surface area (Å²) in [6.07, 6.45) is -2.45. The van der Waals surface area contributed by atoms with E-state index in [4.69, 9.17) is 5.73 Å². The number of carbonyl (C=O) groups is 1. The summed E-state index contributed by atoms with van der Waals surface area (Å²) in [4.78, 5) is 20.7. The van der Waals surface area contributed by atoms with Crippen molar-refractivity contribution in [2.24, 2.45) is 0 Å². The Labute approximate surface area is 202 Å². The number of urea groups is 1. The third-order valence-corrected chi connectivity index (χ3v) is 5.49. The zero-order valence-electron chi connectivity index (χ0n) is 19.1. The fraction of sp³-hybridized carbons (Fsp3) is 0.208. The number of carbonyl (C=O) groups excluding carboxylic acids is 1. The maximum Gasteiger partial charge on any atom is 0.458 e. The molecule has 2 aromatic carbocycles. The highest BCUT2D eigenvalue weighted by Gasteiger charge is 2.58. The first-order valence-electron chi connectivity index (χ1n) is 10.7. The topological polar surface area (TPSA) is 97.9 Å². The van der Waals surface area contributed by atoms with Crippen molar-refractivity contribution in [2.75, 3.05) is 16.4 Å². The molecule has 0 radical (unpaired) electrons. The van der Waals surface area contributed by atoms with Crippen LogP contribution in [0.5, 0.6) is 0 Å². The van der Waals surface area contributed by atoms with Crippen LogP contribution in [0, 0.1) is 0 Å². The Morgan fingerprint density at radius 1 is 0.972 bits per heavy atom. The summed E-state index contributed by atoms with van der Waals surface area (Å²) in [5.74, 6) is -4.72. The van der Waals surface area contributed by atoms with Gasteiger partial charge >= 0.3 is 18.1 Å². The minimum Gasteiger partial charge on any atom is -0.383 e. The minimum absolute atomic E-state index is 0.120. The first-order valence-corrected chi connectivity index (χ1v) is 10.7. The number of benzene rings is 2. The van der Waals surface area contributed by atoms with Gasteiger partial charge < -0.3 is 20.9 Å². The Hall–Kier alpha value is -4.22. The Balaban J connectivity index is 1.52. The number of nitrogens with zero attached hydrogens (tertiary/aromatic N) is 3. The molecule has 0 bridgehead atoms. The van der Waals surface area contributed by atoms with Crippen LogP contribution in [0.3, 0.4) is 0 Å². The second-order valence-corrected chi connectivity index (χ2v) is 8.31. The van der Waals surface area contributed by atoms with Crippen molar-refractivity contribution in [3.05, 3.63) is 66.6 Å². The minimum atomic E-state index is -5.76. The number of nitrogens with one attached hydrogen (secondary N) is 2. The summed E-state index contributed by atoms with van der Waals surface area (Å²) in [6.45, 7) is 4.01. The SMILES string of the molecule is CC(C)n1cc(-c2ccc(NC(=O)Nc3cccc(C(F)(F)C(F)(F)F)c3)cc2)c2c(N)ncnc21. The molecular formula is C24H21F5N6O. The van der Waals surface area contributed by atoms with Crippen LogP contribution in [-0.4, -0.2) is 26.7 Å². The third-order valence-electron chi connectivity index (χ3n) is 5.49. The molecule has 0 spiro atoms. The highest BCUT2D eigenvalue weighted by Crippen LogP contribution is 2.44. The second-order valence-electron chi connectivity index (χ2n) is 8.31. The van der Waals surface area contributed by atoms with Crippen molar-refractivity contribution in [3.8, 4) is 11.1 Å². The third kappa shape index (κ3) is 4.66. The number of hydrogen-bond donors (Lipinski definition) is 3. The van der Waals surface area contributed by atoms with Gasteiger partial charge in [-0.25, -0.2) is 14.8 Å². The summed E-state index contributed by atoms with van der Waals surface area (Å²) in [5, 5.41) is 5.47. The van der Waals surface area contributed by atoms with E-state index < -0.39 is 23.7 Å². The van der Waals surface area contributed by atoms with Crippen LogP contribution >= 0.6 is 0 Å². The van der Waals surface area contributed by atoms with Crippen LogP contribution in [0.2, 0.25) is 0 Å². The maximum atomic E-state index is 13.6. The first kappa shape index (κ1) is 24.9. The van der Waals surface area contributed by atoms with E-state index >= 15 is 0 Å². The van der Waals surface area contributed by atoms with Crippen molar-refractivity contribution >= 4 is 34.3 Å². The van der Waals surface area contributed by atoms with E-state index in [1.54, 1.807) is 24.3 Å².